The van der Waals surface area contributed by atoms with Crippen molar-refractivity contribution in [2.75, 3.05) is 29.9 Å². The number of nitrogens with zero attached hydrogens (tertiary/aromatic N) is 3. The van der Waals surface area contributed by atoms with Gasteiger partial charge in [0.25, 0.3) is 5.91 Å². The first-order chi connectivity index (χ1) is 14.3. The van der Waals surface area contributed by atoms with E-state index in [1.165, 1.54) is 0 Å². The molecule has 2 heterocycles. The molecule has 0 unspecified atom stereocenters. The summed E-state index contributed by atoms with van der Waals surface area (Å²) in [5, 5.41) is 6.43. The van der Waals surface area contributed by atoms with Gasteiger partial charge in [0.05, 0.1) is 0 Å². The van der Waals surface area contributed by atoms with Crippen molar-refractivity contribution in [2.24, 2.45) is 5.92 Å². The van der Waals surface area contributed by atoms with Gasteiger partial charge in [-0.1, -0.05) is 24.3 Å². The van der Waals surface area contributed by atoms with Crippen LogP contribution in [0.15, 0.2) is 73.1 Å². The fraction of sp³-hybridized carbons (Fsp3) is 0.261. The fourth-order valence-corrected chi connectivity index (χ4v) is 3.56. The summed E-state index contributed by atoms with van der Waals surface area (Å²) in [6.07, 6.45) is 5.59. The smallest absolute Gasteiger partial charge is 0.251 e. The summed E-state index contributed by atoms with van der Waals surface area (Å²) in [5.74, 6) is 1.23. The first kappa shape index (κ1) is 18.9. The van der Waals surface area contributed by atoms with Crippen LogP contribution in [0.1, 0.15) is 23.2 Å². The Labute approximate surface area is 171 Å². The predicted molar refractivity (Wildman–Crippen MR) is 115 cm³/mol. The normalized spacial score (nSPS) is 14.4. The summed E-state index contributed by atoms with van der Waals surface area (Å²) in [7, 11) is 0. The number of benzene rings is 2. The molecule has 0 aliphatic carbocycles. The molecule has 1 amide bonds. The maximum Gasteiger partial charge on any atom is 0.251 e. The van der Waals surface area contributed by atoms with Crippen LogP contribution in [-0.2, 0) is 0 Å². The largest absolute Gasteiger partial charge is 0.356 e. The molecule has 1 aliphatic rings. The van der Waals surface area contributed by atoms with Crippen molar-refractivity contribution >= 4 is 23.2 Å². The van der Waals surface area contributed by atoms with E-state index < -0.39 is 0 Å². The van der Waals surface area contributed by atoms with Crippen LogP contribution in [0.4, 0.5) is 17.3 Å². The van der Waals surface area contributed by atoms with E-state index in [2.05, 4.69) is 25.5 Å². The second-order valence-electron chi connectivity index (χ2n) is 7.26. The zero-order chi connectivity index (χ0) is 19.9. The second kappa shape index (κ2) is 9.19. The van der Waals surface area contributed by atoms with Gasteiger partial charge in [0.2, 0.25) is 5.95 Å². The number of hydrogen-bond donors (Lipinski definition) is 2. The molecule has 2 N–H and O–H groups in total. The number of aromatic nitrogens is 2. The molecule has 0 radical (unpaired) electrons. The van der Waals surface area contributed by atoms with Gasteiger partial charge in [-0.2, -0.15) is 0 Å². The van der Waals surface area contributed by atoms with Gasteiger partial charge in [-0.05, 0) is 55.2 Å². The van der Waals surface area contributed by atoms with Gasteiger partial charge < -0.3 is 15.5 Å². The Kier molecular flexibility index (Phi) is 6.00. The number of carbonyl (C=O) groups excluding carboxylic acids is 1. The van der Waals surface area contributed by atoms with Gasteiger partial charge in [-0.3, -0.25) is 4.79 Å². The number of anilines is 3. The van der Waals surface area contributed by atoms with E-state index in [-0.39, 0.29) is 5.91 Å². The molecule has 0 bridgehead atoms. The lowest BCUT2D eigenvalue weighted by Gasteiger charge is -2.31. The van der Waals surface area contributed by atoms with Gasteiger partial charge in [0.15, 0.2) is 0 Å². The van der Waals surface area contributed by atoms with Gasteiger partial charge in [0, 0.05) is 49.0 Å². The summed E-state index contributed by atoms with van der Waals surface area (Å²) in [4.78, 5) is 23.5. The van der Waals surface area contributed by atoms with Crippen molar-refractivity contribution in [1.82, 2.24) is 15.3 Å². The van der Waals surface area contributed by atoms with E-state index in [0.717, 1.165) is 43.3 Å². The molecular formula is C23H25N5O. The number of nitrogens with one attached hydrogen (secondary N) is 2. The van der Waals surface area contributed by atoms with Crippen LogP contribution in [-0.4, -0.2) is 35.5 Å². The highest BCUT2D eigenvalue weighted by molar-refractivity contribution is 5.95. The standard InChI is InChI=1S/C23H25N5O/c29-22(19-6-4-9-21(16-19)27-20-7-2-1-3-8-20)26-17-18-10-14-28(15-11-18)23-24-12-5-13-25-23/h1-9,12-13,16,18,27H,10-11,14-15,17H2,(H,26,29). The maximum absolute atomic E-state index is 12.6. The minimum absolute atomic E-state index is 0.0319. The Bertz CT molecular complexity index is 924. The number of carbonyl (C=O) groups is 1. The number of rotatable bonds is 6. The van der Waals surface area contributed by atoms with Crippen molar-refractivity contribution in [1.29, 1.82) is 0 Å². The van der Waals surface area contributed by atoms with Crippen molar-refractivity contribution < 1.29 is 4.79 Å². The molecule has 148 valence electrons. The molecule has 2 aromatic carbocycles. The molecule has 6 heteroatoms. The molecule has 29 heavy (non-hydrogen) atoms. The lowest BCUT2D eigenvalue weighted by molar-refractivity contribution is 0.0945. The number of piperidine rings is 1. The molecule has 0 saturated carbocycles. The van der Waals surface area contributed by atoms with E-state index in [0.29, 0.717) is 18.0 Å². The minimum atomic E-state index is -0.0319. The molecule has 0 atom stereocenters. The highest BCUT2D eigenvalue weighted by Crippen LogP contribution is 2.20. The quantitative estimate of drug-likeness (QED) is 0.672. The van der Waals surface area contributed by atoms with Gasteiger partial charge >= 0.3 is 0 Å². The summed E-state index contributed by atoms with van der Waals surface area (Å²) in [5.41, 5.74) is 2.57. The number of para-hydroxylation sites is 1. The summed E-state index contributed by atoms with van der Waals surface area (Å²) in [6, 6.07) is 19.4. The van der Waals surface area contributed by atoms with E-state index in [9.17, 15) is 4.79 Å². The van der Waals surface area contributed by atoms with Gasteiger partial charge in [0.1, 0.15) is 0 Å². The third kappa shape index (κ3) is 5.10. The number of hydrogen-bond acceptors (Lipinski definition) is 5. The zero-order valence-corrected chi connectivity index (χ0v) is 16.3. The van der Waals surface area contributed by atoms with E-state index >= 15 is 0 Å². The molecule has 6 nitrogen and oxygen atoms in total. The third-order valence-corrected chi connectivity index (χ3v) is 5.19. The fourth-order valence-electron chi connectivity index (χ4n) is 3.56. The minimum Gasteiger partial charge on any atom is -0.356 e. The first-order valence-electron chi connectivity index (χ1n) is 10.0. The van der Waals surface area contributed by atoms with Crippen LogP contribution in [0.2, 0.25) is 0 Å². The molecular weight excluding hydrogens is 362 g/mol. The molecule has 4 rings (SSSR count). The zero-order valence-electron chi connectivity index (χ0n) is 16.3. The van der Waals surface area contributed by atoms with Crippen LogP contribution >= 0.6 is 0 Å². The molecule has 1 aromatic heterocycles. The molecule has 3 aromatic rings. The Morgan fingerprint density at radius 3 is 2.41 bits per heavy atom. The maximum atomic E-state index is 12.6. The monoisotopic (exact) mass is 387 g/mol. The van der Waals surface area contributed by atoms with Crippen LogP contribution < -0.4 is 15.5 Å². The molecule has 1 fully saturated rings. The molecule has 1 saturated heterocycles. The summed E-state index contributed by atoms with van der Waals surface area (Å²) in [6.45, 7) is 2.53. The lowest BCUT2D eigenvalue weighted by Crippen LogP contribution is -2.39. The highest BCUT2D eigenvalue weighted by Gasteiger charge is 2.21. The van der Waals surface area contributed by atoms with E-state index in [1.807, 2.05) is 60.7 Å². The van der Waals surface area contributed by atoms with Gasteiger partial charge in [-0.25, -0.2) is 9.97 Å². The van der Waals surface area contributed by atoms with Crippen molar-refractivity contribution in [3.05, 3.63) is 78.6 Å². The van der Waals surface area contributed by atoms with Crippen molar-refractivity contribution in [2.45, 2.75) is 12.8 Å². The Balaban J connectivity index is 1.27. The first-order valence-corrected chi connectivity index (χ1v) is 10.0. The Morgan fingerprint density at radius 2 is 1.66 bits per heavy atom. The van der Waals surface area contributed by atoms with Crippen LogP contribution in [0.3, 0.4) is 0 Å². The topological polar surface area (TPSA) is 70.2 Å². The average molecular weight is 387 g/mol. The SMILES string of the molecule is O=C(NCC1CCN(c2ncccn2)CC1)c1cccc(Nc2ccccc2)c1. The van der Waals surface area contributed by atoms with Crippen molar-refractivity contribution in [3.8, 4) is 0 Å². The highest BCUT2D eigenvalue weighted by atomic mass is 16.1. The van der Waals surface area contributed by atoms with Crippen molar-refractivity contribution in [3.63, 3.8) is 0 Å². The summed E-state index contributed by atoms with van der Waals surface area (Å²) < 4.78 is 0. The average Bonchev–Trinajstić information content (AvgIpc) is 2.79. The summed E-state index contributed by atoms with van der Waals surface area (Å²) >= 11 is 0. The van der Waals surface area contributed by atoms with Crippen LogP contribution in [0.25, 0.3) is 0 Å². The Hall–Kier alpha value is -3.41. The van der Waals surface area contributed by atoms with E-state index in [1.54, 1.807) is 12.4 Å². The number of amides is 1. The van der Waals surface area contributed by atoms with E-state index in [4.69, 9.17) is 0 Å². The molecule has 1 aliphatic heterocycles. The second-order valence-corrected chi connectivity index (χ2v) is 7.26. The third-order valence-electron chi connectivity index (χ3n) is 5.19. The Morgan fingerprint density at radius 1 is 0.931 bits per heavy atom. The van der Waals surface area contributed by atoms with Crippen LogP contribution in [0, 0.1) is 5.92 Å². The van der Waals surface area contributed by atoms with Gasteiger partial charge in [-0.15, -0.1) is 0 Å². The van der Waals surface area contributed by atoms with Crippen LogP contribution in [0.5, 0.6) is 0 Å². The predicted octanol–water partition coefficient (Wildman–Crippen LogP) is 3.87. The lowest BCUT2D eigenvalue weighted by atomic mass is 9.97. The molecule has 0 spiro atoms.